The lowest BCUT2D eigenvalue weighted by Gasteiger charge is -2.18. The Labute approximate surface area is 147 Å². The third-order valence-electron chi connectivity index (χ3n) is 4.25. The van der Waals surface area contributed by atoms with Crippen LogP contribution in [-0.4, -0.2) is 53.3 Å². The number of anilines is 1. The van der Waals surface area contributed by atoms with Crippen molar-refractivity contribution in [1.29, 1.82) is 0 Å². The fourth-order valence-electron chi connectivity index (χ4n) is 2.73. The third-order valence-corrected chi connectivity index (χ3v) is 4.25. The van der Waals surface area contributed by atoms with E-state index in [1.165, 1.54) is 21.9 Å². The van der Waals surface area contributed by atoms with E-state index in [-0.39, 0.29) is 24.3 Å². The van der Waals surface area contributed by atoms with Crippen molar-refractivity contribution in [2.75, 3.05) is 12.3 Å². The van der Waals surface area contributed by atoms with Gasteiger partial charge in [-0.2, -0.15) is 5.10 Å². The van der Waals surface area contributed by atoms with E-state index in [0.29, 0.717) is 17.8 Å². The zero-order chi connectivity index (χ0) is 18.1. The zero-order valence-electron chi connectivity index (χ0n) is 13.8. The number of nitrogens with zero attached hydrogens (tertiary/aromatic N) is 6. The summed E-state index contributed by atoms with van der Waals surface area (Å²) in [4.78, 5) is 32.5. The summed E-state index contributed by atoms with van der Waals surface area (Å²) in [6.07, 6.45) is 6.11. The van der Waals surface area contributed by atoms with Gasteiger partial charge in [0.2, 0.25) is 11.9 Å². The SMILES string of the molecule is Nc1ncn(CC(=O)NC2(CNC(=O)c3cccn4ncnc34)CC2)n1. The molecule has 0 atom stereocenters. The highest BCUT2D eigenvalue weighted by molar-refractivity contribution is 5.99. The molecule has 0 bridgehead atoms. The Morgan fingerprint density at radius 2 is 2.15 bits per heavy atom. The molecule has 11 heteroatoms. The van der Waals surface area contributed by atoms with Gasteiger partial charge in [-0.05, 0) is 25.0 Å². The molecule has 1 saturated carbocycles. The molecular formula is C15H17N9O2. The van der Waals surface area contributed by atoms with Gasteiger partial charge in [-0.1, -0.05) is 0 Å². The first kappa shape index (κ1) is 16.0. The number of rotatable bonds is 6. The molecule has 1 aliphatic rings. The van der Waals surface area contributed by atoms with Crippen molar-refractivity contribution < 1.29 is 9.59 Å². The summed E-state index contributed by atoms with van der Waals surface area (Å²) in [5.41, 5.74) is 5.93. The summed E-state index contributed by atoms with van der Waals surface area (Å²) >= 11 is 0. The summed E-state index contributed by atoms with van der Waals surface area (Å²) < 4.78 is 2.90. The lowest BCUT2D eigenvalue weighted by molar-refractivity contribution is -0.122. The van der Waals surface area contributed by atoms with Crippen LogP contribution in [0.3, 0.4) is 0 Å². The number of pyridine rings is 1. The number of carbonyl (C=O) groups is 2. The maximum atomic E-state index is 12.5. The largest absolute Gasteiger partial charge is 0.367 e. The van der Waals surface area contributed by atoms with E-state index < -0.39 is 5.54 Å². The second-order valence-corrected chi connectivity index (χ2v) is 6.26. The monoisotopic (exact) mass is 355 g/mol. The summed E-state index contributed by atoms with van der Waals surface area (Å²) in [7, 11) is 0. The van der Waals surface area contributed by atoms with Gasteiger partial charge in [0, 0.05) is 12.7 Å². The normalized spacial score (nSPS) is 14.9. The Hall–Kier alpha value is -3.50. The van der Waals surface area contributed by atoms with Crippen LogP contribution in [0.15, 0.2) is 31.0 Å². The van der Waals surface area contributed by atoms with Gasteiger partial charge in [0.05, 0.1) is 11.1 Å². The maximum absolute atomic E-state index is 12.5. The van der Waals surface area contributed by atoms with E-state index in [1.807, 2.05) is 0 Å². The minimum Gasteiger partial charge on any atom is -0.367 e. The molecule has 0 radical (unpaired) electrons. The Morgan fingerprint density at radius 1 is 1.31 bits per heavy atom. The number of amides is 2. The molecule has 3 aromatic heterocycles. The molecule has 0 spiro atoms. The van der Waals surface area contributed by atoms with E-state index in [0.717, 1.165) is 12.8 Å². The molecule has 3 heterocycles. The van der Waals surface area contributed by atoms with Crippen LogP contribution >= 0.6 is 0 Å². The first-order valence-electron chi connectivity index (χ1n) is 8.07. The van der Waals surface area contributed by atoms with Gasteiger partial charge in [0.25, 0.3) is 5.91 Å². The second kappa shape index (κ2) is 6.10. The lowest BCUT2D eigenvalue weighted by atomic mass is 10.2. The van der Waals surface area contributed by atoms with E-state index >= 15 is 0 Å². The predicted octanol–water partition coefficient (Wildman–Crippen LogP) is -1.02. The minimum atomic E-state index is -0.419. The first-order chi connectivity index (χ1) is 12.5. The third kappa shape index (κ3) is 3.18. The second-order valence-electron chi connectivity index (χ2n) is 6.26. The first-order valence-corrected chi connectivity index (χ1v) is 8.07. The molecular weight excluding hydrogens is 338 g/mol. The molecule has 4 N–H and O–H groups in total. The van der Waals surface area contributed by atoms with Crippen LogP contribution in [0.1, 0.15) is 23.2 Å². The van der Waals surface area contributed by atoms with Crippen molar-refractivity contribution in [1.82, 2.24) is 40.0 Å². The van der Waals surface area contributed by atoms with Gasteiger partial charge >= 0.3 is 0 Å². The Morgan fingerprint density at radius 3 is 2.88 bits per heavy atom. The molecule has 26 heavy (non-hydrogen) atoms. The van der Waals surface area contributed by atoms with Gasteiger partial charge in [-0.25, -0.2) is 19.2 Å². The highest BCUT2D eigenvalue weighted by atomic mass is 16.2. The van der Waals surface area contributed by atoms with E-state index in [4.69, 9.17) is 5.73 Å². The van der Waals surface area contributed by atoms with E-state index in [1.54, 1.807) is 18.3 Å². The minimum absolute atomic E-state index is 0.0267. The molecule has 0 aromatic carbocycles. The van der Waals surface area contributed by atoms with Gasteiger partial charge in [-0.3, -0.25) is 9.59 Å². The van der Waals surface area contributed by atoms with Crippen LogP contribution in [0.2, 0.25) is 0 Å². The zero-order valence-corrected chi connectivity index (χ0v) is 13.8. The van der Waals surface area contributed by atoms with Crippen LogP contribution in [-0.2, 0) is 11.3 Å². The number of hydrogen-bond acceptors (Lipinski definition) is 7. The molecule has 2 amide bonds. The highest BCUT2D eigenvalue weighted by Crippen LogP contribution is 2.34. The molecule has 4 rings (SSSR count). The number of hydrogen-bond donors (Lipinski definition) is 3. The number of aromatic nitrogens is 6. The highest BCUT2D eigenvalue weighted by Gasteiger charge is 2.44. The molecule has 0 unspecified atom stereocenters. The molecule has 0 aliphatic heterocycles. The summed E-state index contributed by atoms with van der Waals surface area (Å²) in [6.45, 7) is 0.366. The number of fused-ring (bicyclic) bond motifs is 1. The molecule has 11 nitrogen and oxygen atoms in total. The lowest BCUT2D eigenvalue weighted by Crippen LogP contribution is -2.46. The number of nitrogen functional groups attached to an aromatic ring is 1. The molecule has 1 fully saturated rings. The summed E-state index contributed by atoms with van der Waals surface area (Å²) in [5, 5.41) is 13.7. The van der Waals surface area contributed by atoms with Crippen LogP contribution < -0.4 is 16.4 Å². The molecule has 1 aliphatic carbocycles. The molecule has 3 aromatic rings. The topological polar surface area (TPSA) is 145 Å². The summed E-state index contributed by atoms with van der Waals surface area (Å²) in [6, 6.07) is 3.42. The van der Waals surface area contributed by atoms with Crippen molar-refractivity contribution in [3.63, 3.8) is 0 Å². The van der Waals surface area contributed by atoms with Crippen molar-refractivity contribution in [2.45, 2.75) is 24.9 Å². The van der Waals surface area contributed by atoms with Crippen LogP contribution in [0.25, 0.3) is 5.65 Å². The average Bonchev–Trinajstić information content (AvgIpc) is 3.02. The smallest absolute Gasteiger partial charge is 0.255 e. The van der Waals surface area contributed by atoms with Gasteiger partial charge in [0.15, 0.2) is 5.65 Å². The van der Waals surface area contributed by atoms with E-state index in [2.05, 4.69) is 30.8 Å². The van der Waals surface area contributed by atoms with Crippen LogP contribution in [0, 0.1) is 0 Å². The summed E-state index contributed by atoms with van der Waals surface area (Å²) in [5.74, 6) is -0.344. The van der Waals surface area contributed by atoms with E-state index in [9.17, 15) is 9.59 Å². The Balaban J connectivity index is 1.35. The number of nitrogens with two attached hydrogens (primary N) is 1. The predicted molar refractivity (Wildman–Crippen MR) is 89.9 cm³/mol. The number of carbonyl (C=O) groups excluding carboxylic acids is 2. The maximum Gasteiger partial charge on any atom is 0.255 e. The molecule has 0 saturated heterocycles. The van der Waals surface area contributed by atoms with Gasteiger partial charge < -0.3 is 16.4 Å². The van der Waals surface area contributed by atoms with Crippen molar-refractivity contribution in [3.05, 3.63) is 36.5 Å². The van der Waals surface area contributed by atoms with Gasteiger partial charge in [0.1, 0.15) is 19.2 Å². The van der Waals surface area contributed by atoms with Crippen LogP contribution in [0.4, 0.5) is 5.95 Å². The van der Waals surface area contributed by atoms with Crippen LogP contribution in [0.5, 0.6) is 0 Å². The quantitative estimate of drug-likeness (QED) is 0.513. The molecule has 134 valence electrons. The fourth-order valence-corrected chi connectivity index (χ4v) is 2.73. The Kier molecular flexibility index (Phi) is 3.75. The standard InChI is InChI=1S/C15H17N9O2/c16-14-19-9-23(22-14)6-11(25)21-15(3-4-15)7-17-13(26)10-2-1-5-24-12(10)18-8-20-24/h1-2,5,8-9H,3-4,6-7H2,(H2,16,22)(H,17,26)(H,21,25). The fraction of sp³-hybridized carbons (Fsp3) is 0.333. The van der Waals surface area contributed by atoms with Crippen molar-refractivity contribution >= 4 is 23.4 Å². The average molecular weight is 355 g/mol. The Bertz CT molecular complexity index is 972. The number of nitrogens with one attached hydrogen (secondary N) is 2. The van der Waals surface area contributed by atoms with Crippen molar-refractivity contribution in [2.24, 2.45) is 0 Å². The van der Waals surface area contributed by atoms with Gasteiger partial charge in [-0.15, -0.1) is 5.10 Å². The van der Waals surface area contributed by atoms with Crippen molar-refractivity contribution in [3.8, 4) is 0 Å².